The fourth-order valence-electron chi connectivity index (χ4n) is 1.82. The van der Waals surface area contributed by atoms with E-state index in [0.29, 0.717) is 6.61 Å². The van der Waals surface area contributed by atoms with Gasteiger partial charge in [-0.15, -0.1) is 0 Å². The quantitative estimate of drug-likeness (QED) is 0.511. The molecule has 2 fully saturated rings. The molecule has 2 bridgehead atoms. The molecule has 0 aliphatic carbocycles. The minimum Gasteiger partial charge on any atom is -0.393 e. The van der Waals surface area contributed by atoms with E-state index in [9.17, 15) is 5.11 Å². The third-order valence-electron chi connectivity index (χ3n) is 2.52. The van der Waals surface area contributed by atoms with Crippen LogP contribution < -0.4 is 0 Å². The molecule has 0 aromatic heterocycles. The van der Waals surface area contributed by atoms with Gasteiger partial charge < -0.3 is 19.7 Å². The first kappa shape index (κ1) is 7.49. The van der Waals surface area contributed by atoms with E-state index in [4.69, 9.17) is 14.6 Å². The van der Waals surface area contributed by atoms with Crippen molar-refractivity contribution in [2.75, 3.05) is 13.2 Å². The highest BCUT2D eigenvalue weighted by Crippen LogP contribution is 2.39. The van der Waals surface area contributed by atoms with E-state index in [1.54, 1.807) is 0 Å². The Morgan fingerprint density at radius 1 is 1.64 bits per heavy atom. The molecule has 2 aliphatic heterocycles. The molecule has 4 atom stereocenters. The molecule has 2 aliphatic rings. The molecule has 4 heteroatoms. The molecule has 2 saturated heterocycles. The van der Waals surface area contributed by atoms with Crippen molar-refractivity contribution in [3.05, 3.63) is 0 Å². The molecule has 0 saturated carbocycles. The lowest BCUT2D eigenvalue weighted by Crippen LogP contribution is -2.44. The predicted molar refractivity (Wildman–Crippen MR) is 36.1 cm³/mol. The molecule has 0 amide bonds. The van der Waals surface area contributed by atoms with Gasteiger partial charge in [-0.2, -0.15) is 0 Å². The van der Waals surface area contributed by atoms with Crippen molar-refractivity contribution in [2.45, 2.75) is 30.8 Å². The second kappa shape index (κ2) is 2.17. The Hall–Kier alpha value is -0.160. The number of aliphatic hydroxyl groups excluding tert-OH is 2. The molecule has 0 unspecified atom stereocenters. The third-order valence-corrected chi connectivity index (χ3v) is 2.52. The predicted octanol–water partition coefficient (Wildman–Crippen LogP) is -1.10. The third kappa shape index (κ3) is 0.780. The summed E-state index contributed by atoms with van der Waals surface area (Å²) < 4.78 is 10.6. The highest BCUT2D eigenvalue weighted by Gasteiger charge is 2.59. The van der Waals surface area contributed by atoms with Crippen LogP contribution in [0.15, 0.2) is 0 Å². The number of fused-ring (bicyclic) bond motifs is 2. The average molecular weight is 160 g/mol. The van der Waals surface area contributed by atoms with Gasteiger partial charge in [0.1, 0.15) is 17.8 Å². The van der Waals surface area contributed by atoms with Gasteiger partial charge >= 0.3 is 0 Å². The first-order valence-electron chi connectivity index (χ1n) is 3.78. The molecule has 0 spiro atoms. The molecular weight excluding hydrogens is 148 g/mol. The van der Waals surface area contributed by atoms with Gasteiger partial charge in [-0.05, 0) is 6.92 Å². The van der Waals surface area contributed by atoms with Crippen molar-refractivity contribution in [1.82, 2.24) is 0 Å². The van der Waals surface area contributed by atoms with Crippen LogP contribution in [0.5, 0.6) is 0 Å². The summed E-state index contributed by atoms with van der Waals surface area (Å²) in [6, 6.07) is 0. The van der Waals surface area contributed by atoms with Crippen LogP contribution in [0.4, 0.5) is 0 Å². The number of hydrogen-bond acceptors (Lipinski definition) is 4. The second-order valence-corrected chi connectivity index (χ2v) is 3.27. The number of hydrogen-bond donors (Lipinski definition) is 2. The summed E-state index contributed by atoms with van der Waals surface area (Å²) in [4.78, 5) is 0. The van der Waals surface area contributed by atoms with Crippen molar-refractivity contribution in [2.24, 2.45) is 0 Å². The van der Waals surface area contributed by atoms with Crippen molar-refractivity contribution in [3.8, 4) is 0 Å². The molecule has 0 aromatic rings. The van der Waals surface area contributed by atoms with Gasteiger partial charge in [-0.1, -0.05) is 0 Å². The fraction of sp³-hybridized carbons (Fsp3) is 1.00. The number of ether oxygens (including phenoxy) is 2. The Bertz CT molecular complexity index is 172. The van der Waals surface area contributed by atoms with Gasteiger partial charge in [0.15, 0.2) is 0 Å². The van der Waals surface area contributed by atoms with Crippen LogP contribution in [0.1, 0.15) is 6.92 Å². The molecule has 4 nitrogen and oxygen atoms in total. The maximum absolute atomic E-state index is 9.54. The molecule has 2 rings (SSSR count). The van der Waals surface area contributed by atoms with Crippen LogP contribution >= 0.6 is 0 Å². The van der Waals surface area contributed by atoms with E-state index in [1.165, 1.54) is 0 Å². The largest absolute Gasteiger partial charge is 0.393 e. The summed E-state index contributed by atoms with van der Waals surface area (Å²) in [7, 11) is 0. The van der Waals surface area contributed by atoms with E-state index in [0.717, 1.165) is 0 Å². The van der Waals surface area contributed by atoms with Crippen molar-refractivity contribution < 1.29 is 19.7 Å². The van der Waals surface area contributed by atoms with Crippen molar-refractivity contribution >= 4 is 0 Å². The van der Waals surface area contributed by atoms with Gasteiger partial charge in [0.05, 0.1) is 19.3 Å². The summed E-state index contributed by atoms with van der Waals surface area (Å²) in [5.41, 5.74) is -0.829. The van der Waals surface area contributed by atoms with Crippen molar-refractivity contribution in [3.63, 3.8) is 0 Å². The average Bonchev–Trinajstić information content (AvgIpc) is 2.42. The van der Waals surface area contributed by atoms with Gasteiger partial charge in [-0.25, -0.2) is 0 Å². The topological polar surface area (TPSA) is 58.9 Å². The molecular formula is C7H12O4. The summed E-state index contributed by atoms with van der Waals surface area (Å²) in [6.45, 7) is 1.97. The van der Waals surface area contributed by atoms with E-state index in [2.05, 4.69) is 0 Å². The first-order chi connectivity index (χ1) is 5.19. The van der Waals surface area contributed by atoms with Crippen LogP contribution in [-0.4, -0.2) is 47.3 Å². The molecule has 2 heterocycles. The molecule has 2 N–H and O–H groups in total. The highest BCUT2D eigenvalue weighted by molar-refractivity contribution is 5.06. The number of rotatable bonds is 1. The Balaban J connectivity index is 2.24. The van der Waals surface area contributed by atoms with E-state index < -0.39 is 11.7 Å². The van der Waals surface area contributed by atoms with Crippen molar-refractivity contribution in [1.29, 1.82) is 0 Å². The number of aliphatic hydroxyl groups is 2. The molecule has 0 radical (unpaired) electrons. The van der Waals surface area contributed by atoms with Crippen LogP contribution in [0.2, 0.25) is 0 Å². The van der Waals surface area contributed by atoms with Crippen LogP contribution in [0.25, 0.3) is 0 Å². The zero-order chi connectivity index (χ0) is 8.06. The minimum atomic E-state index is -0.829. The molecule has 11 heavy (non-hydrogen) atoms. The highest BCUT2D eigenvalue weighted by atomic mass is 16.6. The van der Waals surface area contributed by atoms with Gasteiger partial charge in [-0.3, -0.25) is 0 Å². The SMILES string of the molecule is C[C@@H]1O[C@@]2(CO)CO[C@@H]1[C@@H]2O. The van der Waals surface area contributed by atoms with Gasteiger partial charge in [0.25, 0.3) is 0 Å². The van der Waals surface area contributed by atoms with Crippen LogP contribution in [-0.2, 0) is 9.47 Å². The second-order valence-electron chi connectivity index (χ2n) is 3.27. The molecule has 0 aromatic carbocycles. The fourth-order valence-corrected chi connectivity index (χ4v) is 1.82. The monoisotopic (exact) mass is 160 g/mol. The lowest BCUT2D eigenvalue weighted by Gasteiger charge is -2.26. The lowest BCUT2D eigenvalue weighted by atomic mass is 10.0. The zero-order valence-corrected chi connectivity index (χ0v) is 6.36. The summed E-state index contributed by atoms with van der Waals surface area (Å²) in [5.74, 6) is 0. The molecule has 64 valence electrons. The minimum absolute atomic E-state index is 0.106. The summed E-state index contributed by atoms with van der Waals surface area (Å²) in [6.07, 6.45) is -1.02. The van der Waals surface area contributed by atoms with Gasteiger partial charge in [0, 0.05) is 0 Å². The lowest BCUT2D eigenvalue weighted by molar-refractivity contribution is -0.155. The smallest absolute Gasteiger partial charge is 0.143 e. The van der Waals surface area contributed by atoms with Gasteiger partial charge in [0.2, 0.25) is 0 Å². The Morgan fingerprint density at radius 3 is 2.64 bits per heavy atom. The Morgan fingerprint density at radius 2 is 2.36 bits per heavy atom. The van der Waals surface area contributed by atoms with Crippen LogP contribution in [0, 0.1) is 0 Å². The Labute approximate surface area is 64.7 Å². The zero-order valence-electron chi connectivity index (χ0n) is 6.36. The first-order valence-corrected chi connectivity index (χ1v) is 3.78. The maximum atomic E-state index is 9.54. The summed E-state index contributed by atoms with van der Waals surface area (Å²) in [5, 5.41) is 18.5. The van der Waals surface area contributed by atoms with E-state index in [-0.39, 0.29) is 18.8 Å². The summed E-state index contributed by atoms with van der Waals surface area (Å²) >= 11 is 0. The Kier molecular flexibility index (Phi) is 1.47. The maximum Gasteiger partial charge on any atom is 0.143 e. The standard InChI is InChI=1S/C7H12O4/c1-4-5-6(9)7(2-8,11-4)3-10-5/h4-6,8-9H,2-3H2,1H3/t4-,5-,6-,7-/m0/s1. The van der Waals surface area contributed by atoms with E-state index >= 15 is 0 Å². The van der Waals surface area contributed by atoms with E-state index in [1.807, 2.05) is 6.92 Å². The van der Waals surface area contributed by atoms with Crippen LogP contribution in [0.3, 0.4) is 0 Å². The normalized spacial score (nSPS) is 55.4.